The summed E-state index contributed by atoms with van der Waals surface area (Å²) in [7, 11) is 0. The Bertz CT molecular complexity index is 618. The molecular weight excluding hydrogens is 350 g/mol. The summed E-state index contributed by atoms with van der Waals surface area (Å²) in [6.45, 7) is 2.14. The zero-order chi connectivity index (χ0) is 17.6. The number of fused-ring (bicyclic) bond motifs is 2. The molecule has 0 radical (unpaired) electrons. The lowest BCUT2D eigenvalue weighted by Gasteiger charge is -2.30. The number of primary amides is 1. The molecule has 3 amide bonds. The molecule has 2 bridgehead atoms. The Labute approximate surface area is 149 Å². The highest BCUT2D eigenvalue weighted by atomic mass is 32.2. The SMILES string of the molecule is NC(=O)CN1CCC2(CC([C@@H]3CCC4CN3C(=O)N4OSO)=NO2)C1. The zero-order valence-electron chi connectivity index (χ0n) is 13.7. The van der Waals surface area contributed by atoms with Gasteiger partial charge in [-0.25, -0.2) is 4.79 Å². The fourth-order valence-electron chi connectivity index (χ4n) is 4.34. The summed E-state index contributed by atoms with van der Waals surface area (Å²) >= 11 is 0.186. The Morgan fingerprint density at radius 3 is 3.12 bits per heavy atom. The third-order valence-corrected chi connectivity index (χ3v) is 5.68. The molecule has 3 atom stereocenters. The van der Waals surface area contributed by atoms with Crippen molar-refractivity contribution in [1.29, 1.82) is 0 Å². The van der Waals surface area contributed by atoms with Crippen LogP contribution in [0.4, 0.5) is 4.79 Å². The number of carbonyl (C=O) groups is 2. The van der Waals surface area contributed by atoms with Gasteiger partial charge in [0.2, 0.25) is 5.91 Å². The molecule has 4 aliphatic rings. The van der Waals surface area contributed by atoms with Gasteiger partial charge >= 0.3 is 6.03 Å². The first kappa shape index (κ1) is 16.9. The number of oxime groups is 1. The normalized spacial score (nSPS) is 34.8. The average Bonchev–Trinajstić information content (AvgIpc) is 3.23. The second-order valence-corrected chi connectivity index (χ2v) is 7.42. The Kier molecular flexibility index (Phi) is 4.26. The summed E-state index contributed by atoms with van der Waals surface area (Å²) in [5.74, 6) is -0.348. The van der Waals surface area contributed by atoms with Gasteiger partial charge in [0.1, 0.15) is 0 Å². The minimum Gasteiger partial charge on any atom is -0.387 e. The van der Waals surface area contributed by atoms with Gasteiger partial charge in [0.05, 0.1) is 24.3 Å². The van der Waals surface area contributed by atoms with Crippen molar-refractivity contribution < 1.29 is 23.3 Å². The highest BCUT2D eigenvalue weighted by molar-refractivity contribution is 7.88. The van der Waals surface area contributed by atoms with Crippen LogP contribution in [0.15, 0.2) is 5.16 Å². The molecule has 10 nitrogen and oxygen atoms in total. The standard InChI is InChI=1S/C14H21N5O5S/c15-12(20)7-17-4-3-14(8-17)5-10(16-23-14)11-2-1-9-6-18(11)13(21)19(9)24-25-22/h9,11,22H,1-8H2,(H2,15,20)/t9?,11-,14?/m0/s1. The quantitative estimate of drug-likeness (QED) is 0.653. The van der Waals surface area contributed by atoms with Crippen molar-refractivity contribution in [3.05, 3.63) is 0 Å². The maximum Gasteiger partial charge on any atom is 0.345 e. The average molecular weight is 371 g/mol. The monoisotopic (exact) mass is 371 g/mol. The van der Waals surface area contributed by atoms with E-state index in [1.54, 1.807) is 4.90 Å². The Morgan fingerprint density at radius 1 is 1.52 bits per heavy atom. The van der Waals surface area contributed by atoms with Crippen LogP contribution in [0.1, 0.15) is 25.7 Å². The number of urea groups is 1. The van der Waals surface area contributed by atoms with Crippen molar-refractivity contribution in [3.8, 4) is 0 Å². The number of amides is 3. The zero-order valence-corrected chi connectivity index (χ0v) is 14.5. The molecule has 4 rings (SSSR count). The summed E-state index contributed by atoms with van der Waals surface area (Å²) in [5.41, 5.74) is 5.72. The number of nitrogens with two attached hydrogens (primary N) is 1. The number of hydroxylamine groups is 2. The van der Waals surface area contributed by atoms with E-state index < -0.39 is 5.60 Å². The molecule has 1 spiro atoms. The number of likely N-dealkylation sites (tertiary alicyclic amines) is 1. The largest absolute Gasteiger partial charge is 0.387 e. The molecule has 0 aromatic rings. The fourth-order valence-corrected chi connectivity index (χ4v) is 4.60. The molecule has 0 aromatic carbocycles. The molecule has 3 saturated heterocycles. The van der Waals surface area contributed by atoms with E-state index in [0.29, 0.717) is 19.5 Å². The molecule has 11 heteroatoms. The first-order valence-electron chi connectivity index (χ1n) is 8.35. The molecule has 0 aliphatic carbocycles. The van der Waals surface area contributed by atoms with Crippen LogP contribution in [-0.4, -0.2) is 80.9 Å². The van der Waals surface area contributed by atoms with Crippen molar-refractivity contribution in [1.82, 2.24) is 14.9 Å². The van der Waals surface area contributed by atoms with E-state index in [-0.39, 0.29) is 42.9 Å². The Balaban J connectivity index is 1.41. The predicted octanol–water partition coefficient (Wildman–Crippen LogP) is 0.0139. The van der Waals surface area contributed by atoms with Crippen molar-refractivity contribution in [2.24, 2.45) is 10.9 Å². The first-order valence-corrected chi connectivity index (χ1v) is 9.05. The second-order valence-electron chi connectivity index (χ2n) is 7.12. The van der Waals surface area contributed by atoms with Crippen molar-refractivity contribution in [3.63, 3.8) is 0 Å². The third kappa shape index (κ3) is 2.94. The van der Waals surface area contributed by atoms with Crippen molar-refractivity contribution in [2.45, 2.75) is 43.4 Å². The Hall–Kier alpha value is -1.56. The molecule has 4 aliphatic heterocycles. The van der Waals surface area contributed by atoms with Gasteiger partial charge in [0.25, 0.3) is 0 Å². The number of hydrogen-bond donors (Lipinski definition) is 2. The Morgan fingerprint density at radius 2 is 2.36 bits per heavy atom. The van der Waals surface area contributed by atoms with E-state index in [0.717, 1.165) is 31.5 Å². The van der Waals surface area contributed by atoms with Crippen LogP contribution >= 0.6 is 12.3 Å². The maximum absolute atomic E-state index is 12.5. The van der Waals surface area contributed by atoms with Gasteiger partial charge in [-0.05, 0) is 12.8 Å². The number of hydrogen-bond acceptors (Lipinski definition) is 8. The summed E-state index contributed by atoms with van der Waals surface area (Å²) in [6.07, 6.45) is 3.01. The molecule has 0 aromatic heterocycles. The molecule has 2 unspecified atom stereocenters. The molecule has 0 saturated carbocycles. The summed E-state index contributed by atoms with van der Waals surface area (Å²) < 4.78 is 13.8. The minimum atomic E-state index is -0.415. The molecule has 4 heterocycles. The maximum atomic E-state index is 12.5. The smallest absolute Gasteiger partial charge is 0.345 e. The third-order valence-electron chi connectivity index (χ3n) is 5.46. The van der Waals surface area contributed by atoms with Gasteiger partial charge in [-0.3, -0.25) is 9.69 Å². The summed E-state index contributed by atoms with van der Waals surface area (Å²) in [5, 5.41) is 5.53. The van der Waals surface area contributed by atoms with Crippen LogP contribution in [0.2, 0.25) is 0 Å². The number of carbonyl (C=O) groups excluding carboxylic acids is 2. The lowest BCUT2D eigenvalue weighted by atomic mass is 9.89. The van der Waals surface area contributed by atoms with Crippen LogP contribution in [0.5, 0.6) is 0 Å². The van der Waals surface area contributed by atoms with Gasteiger partial charge < -0.3 is 20.0 Å². The van der Waals surface area contributed by atoms with E-state index in [2.05, 4.69) is 5.16 Å². The van der Waals surface area contributed by atoms with Gasteiger partial charge in [-0.1, -0.05) is 5.16 Å². The van der Waals surface area contributed by atoms with E-state index >= 15 is 0 Å². The lowest BCUT2D eigenvalue weighted by Crippen LogP contribution is -2.46. The van der Waals surface area contributed by atoms with Gasteiger partial charge in [0.15, 0.2) is 17.9 Å². The van der Waals surface area contributed by atoms with E-state index in [9.17, 15) is 9.59 Å². The van der Waals surface area contributed by atoms with Gasteiger partial charge in [0, 0.05) is 32.5 Å². The van der Waals surface area contributed by atoms with Gasteiger partial charge in [-0.2, -0.15) is 9.35 Å². The topological polar surface area (TPSA) is 121 Å². The molecule has 3 N–H and O–H groups in total. The predicted molar refractivity (Wildman–Crippen MR) is 88.2 cm³/mol. The highest BCUT2D eigenvalue weighted by Crippen LogP contribution is 2.39. The van der Waals surface area contributed by atoms with Crippen molar-refractivity contribution in [2.75, 3.05) is 26.2 Å². The molecule has 25 heavy (non-hydrogen) atoms. The van der Waals surface area contributed by atoms with E-state index in [1.807, 2.05) is 4.90 Å². The molecule has 3 fully saturated rings. The number of rotatable bonds is 5. The van der Waals surface area contributed by atoms with E-state index in [1.165, 1.54) is 5.06 Å². The van der Waals surface area contributed by atoms with Crippen LogP contribution in [-0.2, 0) is 13.9 Å². The van der Waals surface area contributed by atoms with Crippen LogP contribution < -0.4 is 5.73 Å². The van der Waals surface area contributed by atoms with Crippen molar-refractivity contribution >= 4 is 30.0 Å². The van der Waals surface area contributed by atoms with Crippen LogP contribution in [0, 0.1) is 0 Å². The summed E-state index contributed by atoms with van der Waals surface area (Å²) in [6, 6.07) is -0.400. The second kappa shape index (κ2) is 6.31. The van der Waals surface area contributed by atoms with Crippen LogP contribution in [0.3, 0.4) is 0 Å². The molecule has 138 valence electrons. The molecular formula is C14H21N5O5S. The summed E-state index contributed by atoms with van der Waals surface area (Å²) in [4.78, 5) is 33.1. The number of piperidine rings is 1. The van der Waals surface area contributed by atoms with Crippen LogP contribution in [0.25, 0.3) is 0 Å². The number of nitrogens with zero attached hydrogens (tertiary/aromatic N) is 4. The minimum absolute atomic E-state index is 0.0437. The van der Waals surface area contributed by atoms with E-state index in [4.69, 9.17) is 19.4 Å². The lowest BCUT2D eigenvalue weighted by molar-refractivity contribution is -0.119. The highest BCUT2D eigenvalue weighted by Gasteiger charge is 2.52. The fraction of sp³-hybridized carbons (Fsp3) is 0.786. The first-order chi connectivity index (χ1) is 12.0. The van der Waals surface area contributed by atoms with Gasteiger partial charge in [-0.15, -0.1) is 0 Å².